The Kier molecular flexibility index (Phi) is 5.95. The molecule has 2 aromatic rings. The summed E-state index contributed by atoms with van der Waals surface area (Å²) in [5, 5.41) is 15.9. The quantitative estimate of drug-likeness (QED) is 0.602. The lowest BCUT2D eigenvalue weighted by atomic mass is 9.82. The summed E-state index contributed by atoms with van der Waals surface area (Å²) in [7, 11) is 0. The number of carbonyl (C=O) groups excluding carboxylic acids is 1. The predicted octanol–water partition coefficient (Wildman–Crippen LogP) is 4.58. The van der Waals surface area contributed by atoms with Crippen molar-refractivity contribution >= 4 is 23.3 Å². The number of nitrogens with one attached hydrogen (secondary N) is 2. The number of amides is 1. The molecule has 4 rings (SSSR count). The highest BCUT2D eigenvalue weighted by atomic mass is 16.4. The maximum atomic E-state index is 13.0. The molecule has 0 aromatic carbocycles. The number of aromatic nitrogens is 2. The number of anilines is 1. The van der Waals surface area contributed by atoms with Gasteiger partial charge in [0.2, 0.25) is 0 Å². The van der Waals surface area contributed by atoms with Crippen molar-refractivity contribution in [1.29, 1.82) is 0 Å². The fourth-order valence-electron chi connectivity index (χ4n) is 4.64. The van der Waals surface area contributed by atoms with Crippen LogP contribution in [0, 0.1) is 5.92 Å². The van der Waals surface area contributed by atoms with Crippen LogP contribution < -0.4 is 10.6 Å². The zero-order valence-corrected chi connectivity index (χ0v) is 18.8. The first-order valence-electron chi connectivity index (χ1n) is 11.5. The molecular weight excluding hydrogens is 392 g/mol. The van der Waals surface area contributed by atoms with E-state index < -0.39 is 5.97 Å². The highest BCUT2D eigenvalue weighted by Crippen LogP contribution is 2.43. The zero-order chi connectivity index (χ0) is 22.2. The summed E-state index contributed by atoms with van der Waals surface area (Å²) < 4.78 is 2.02. The first-order chi connectivity index (χ1) is 14.7. The Morgan fingerprint density at radius 2 is 1.90 bits per heavy atom. The van der Waals surface area contributed by atoms with Crippen molar-refractivity contribution in [3.05, 3.63) is 29.6 Å². The standard InChI is InChI=1S/C24H34N4O3/c1-24(2,3)27-22-21(16-9-10-16)26-19-13-17(11-12-28(19)22)23(31)25-18(14-20(29)30)15-7-5-4-6-8-15/h11-13,15-16,18,27H,4-10,14H2,1-3H3,(H,25,31)(H,29,30). The lowest BCUT2D eigenvalue weighted by Gasteiger charge is -2.30. The molecule has 1 amide bonds. The lowest BCUT2D eigenvalue weighted by molar-refractivity contribution is -0.137. The molecular formula is C24H34N4O3. The SMILES string of the molecule is CC(C)(C)Nc1c(C2CC2)nc2cc(C(=O)NC(CC(=O)O)C3CCCCC3)ccn12. The number of fused-ring (bicyclic) bond motifs is 1. The van der Waals surface area contributed by atoms with Gasteiger partial charge in [0.25, 0.3) is 5.91 Å². The molecule has 0 bridgehead atoms. The predicted molar refractivity (Wildman–Crippen MR) is 121 cm³/mol. The first kappa shape index (κ1) is 21.7. The Morgan fingerprint density at radius 1 is 1.19 bits per heavy atom. The number of hydrogen-bond acceptors (Lipinski definition) is 4. The topological polar surface area (TPSA) is 95.7 Å². The Labute approximate surface area is 183 Å². The third kappa shape index (κ3) is 5.20. The fourth-order valence-corrected chi connectivity index (χ4v) is 4.64. The van der Waals surface area contributed by atoms with E-state index in [0.717, 1.165) is 55.7 Å². The van der Waals surface area contributed by atoms with Crippen molar-refractivity contribution < 1.29 is 14.7 Å². The van der Waals surface area contributed by atoms with Gasteiger partial charge in [-0.05, 0) is 64.5 Å². The van der Waals surface area contributed by atoms with Crippen LogP contribution in [0.15, 0.2) is 18.3 Å². The average molecular weight is 427 g/mol. The normalized spacial score (nSPS) is 18.7. The molecule has 7 heteroatoms. The van der Waals surface area contributed by atoms with Gasteiger partial charge in [-0.25, -0.2) is 4.98 Å². The van der Waals surface area contributed by atoms with Gasteiger partial charge in [0.05, 0.1) is 12.1 Å². The largest absolute Gasteiger partial charge is 0.481 e. The molecule has 31 heavy (non-hydrogen) atoms. The molecule has 168 valence electrons. The molecule has 2 aliphatic carbocycles. The molecule has 2 saturated carbocycles. The van der Waals surface area contributed by atoms with Crippen LogP contribution in [-0.4, -0.2) is 37.9 Å². The average Bonchev–Trinajstić information content (AvgIpc) is 3.49. The Morgan fingerprint density at radius 3 is 2.52 bits per heavy atom. The Hall–Kier alpha value is -2.57. The second-order valence-corrected chi connectivity index (χ2v) is 10.2. The molecule has 7 nitrogen and oxygen atoms in total. The van der Waals surface area contributed by atoms with Crippen molar-refractivity contribution in [3.8, 4) is 0 Å². The molecule has 2 heterocycles. The van der Waals surface area contributed by atoms with Crippen LogP contribution in [0.25, 0.3) is 5.65 Å². The summed E-state index contributed by atoms with van der Waals surface area (Å²) in [5.41, 5.74) is 2.24. The van der Waals surface area contributed by atoms with E-state index in [0.29, 0.717) is 11.5 Å². The van der Waals surface area contributed by atoms with Crippen molar-refractivity contribution in [2.45, 2.75) is 89.6 Å². The number of aliphatic carboxylic acids is 1. The number of imidazole rings is 1. The van der Waals surface area contributed by atoms with Gasteiger partial charge in [-0.15, -0.1) is 0 Å². The molecule has 0 saturated heterocycles. The number of carbonyl (C=O) groups is 2. The van der Waals surface area contributed by atoms with E-state index in [2.05, 4.69) is 31.4 Å². The van der Waals surface area contributed by atoms with Gasteiger partial charge >= 0.3 is 5.97 Å². The summed E-state index contributed by atoms with van der Waals surface area (Å²) >= 11 is 0. The van der Waals surface area contributed by atoms with Crippen LogP contribution in [0.2, 0.25) is 0 Å². The summed E-state index contributed by atoms with van der Waals surface area (Å²) in [6.07, 6.45) is 9.50. The highest BCUT2D eigenvalue weighted by Gasteiger charge is 2.32. The monoisotopic (exact) mass is 426 g/mol. The van der Waals surface area contributed by atoms with Gasteiger partial charge in [0.15, 0.2) is 0 Å². The molecule has 3 N–H and O–H groups in total. The van der Waals surface area contributed by atoms with Crippen LogP contribution in [-0.2, 0) is 4.79 Å². The third-order valence-electron chi connectivity index (χ3n) is 6.30. The minimum absolute atomic E-state index is 0.0342. The first-order valence-corrected chi connectivity index (χ1v) is 11.5. The molecule has 2 aliphatic rings. The zero-order valence-electron chi connectivity index (χ0n) is 18.8. The van der Waals surface area contributed by atoms with E-state index in [-0.39, 0.29) is 29.8 Å². The second-order valence-electron chi connectivity index (χ2n) is 10.2. The van der Waals surface area contributed by atoms with E-state index in [4.69, 9.17) is 4.98 Å². The fraction of sp³-hybridized carbons (Fsp3) is 0.625. The number of nitrogens with zero attached hydrogens (tertiary/aromatic N) is 2. The summed E-state index contributed by atoms with van der Waals surface area (Å²) in [5.74, 6) is 0.622. The van der Waals surface area contributed by atoms with E-state index in [1.165, 1.54) is 6.42 Å². The van der Waals surface area contributed by atoms with Gasteiger partial charge in [-0.3, -0.25) is 14.0 Å². The summed E-state index contributed by atoms with van der Waals surface area (Å²) in [6, 6.07) is 3.28. The number of rotatable bonds is 7. The molecule has 2 fully saturated rings. The van der Waals surface area contributed by atoms with E-state index >= 15 is 0 Å². The van der Waals surface area contributed by atoms with Crippen LogP contribution in [0.5, 0.6) is 0 Å². The van der Waals surface area contributed by atoms with E-state index in [1.54, 1.807) is 6.07 Å². The van der Waals surface area contributed by atoms with Crippen molar-refractivity contribution in [1.82, 2.24) is 14.7 Å². The molecule has 0 aliphatic heterocycles. The summed E-state index contributed by atoms with van der Waals surface area (Å²) in [6.45, 7) is 6.37. The van der Waals surface area contributed by atoms with Gasteiger partial charge in [-0.2, -0.15) is 0 Å². The lowest BCUT2D eigenvalue weighted by Crippen LogP contribution is -2.42. The number of carboxylic acid groups (broad SMARTS) is 1. The van der Waals surface area contributed by atoms with E-state index in [1.807, 2.05) is 16.7 Å². The molecule has 1 atom stereocenters. The van der Waals surface area contributed by atoms with Crippen LogP contribution in [0.3, 0.4) is 0 Å². The third-order valence-corrected chi connectivity index (χ3v) is 6.30. The van der Waals surface area contributed by atoms with Gasteiger partial charge in [0, 0.05) is 29.3 Å². The van der Waals surface area contributed by atoms with Crippen LogP contribution >= 0.6 is 0 Å². The van der Waals surface area contributed by atoms with Gasteiger partial charge in [0.1, 0.15) is 11.5 Å². The minimum atomic E-state index is -0.869. The van der Waals surface area contributed by atoms with E-state index in [9.17, 15) is 14.7 Å². The van der Waals surface area contributed by atoms with Crippen LogP contribution in [0.1, 0.15) is 94.1 Å². The Bertz CT molecular complexity index is 965. The minimum Gasteiger partial charge on any atom is -0.481 e. The number of pyridine rings is 1. The maximum absolute atomic E-state index is 13.0. The highest BCUT2D eigenvalue weighted by molar-refractivity contribution is 5.95. The van der Waals surface area contributed by atoms with Gasteiger partial charge in [-0.1, -0.05) is 19.3 Å². The van der Waals surface area contributed by atoms with Crippen molar-refractivity contribution in [2.75, 3.05) is 5.32 Å². The molecule has 1 unspecified atom stereocenters. The maximum Gasteiger partial charge on any atom is 0.305 e. The number of carboxylic acids is 1. The second kappa shape index (κ2) is 8.52. The van der Waals surface area contributed by atoms with Crippen LogP contribution in [0.4, 0.5) is 5.82 Å². The van der Waals surface area contributed by atoms with Crippen molar-refractivity contribution in [2.24, 2.45) is 5.92 Å². The summed E-state index contributed by atoms with van der Waals surface area (Å²) in [4.78, 5) is 29.3. The number of hydrogen-bond donors (Lipinski definition) is 3. The molecule has 0 radical (unpaired) electrons. The molecule has 2 aromatic heterocycles. The smallest absolute Gasteiger partial charge is 0.305 e. The van der Waals surface area contributed by atoms with Crippen molar-refractivity contribution in [3.63, 3.8) is 0 Å². The Balaban J connectivity index is 1.58. The van der Waals surface area contributed by atoms with Gasteiger partial charge < -0.3 is 15.7 Å². The molecule has 0 spiro atoms.